The molecule has 2 unspecified atom stereocenters. The number of aliphatic hydroxyl groups is 1. The normalized spacial score (nSPS) is 25.2. The fourth-order valence-corrected chi connectivity index (χ4v) is 6.42. The quantitative estimate of drug-likeness (QED) is 0.497. The van der Waals surface area contributed by atoms with Crippen LogP contribution >= 0.6 is 0 Å². The molecular formula is C29H27F2NO3. The van der Waals surface area contributed by atoms with Gasteiger partial charge in [0.2, 0.25) is 0 Å². The van der Waals surface area contributed by atoms with Gasteiger partial charge >= 0.3 is 6.09 Å². The molecule has 3 aromatic rings. The summed E-state index contributed by atoms with van der Waals surface area (Å²) in [7, 11) is 0. The number of ether oxygens (including phenoxy) is 1. The summed E-state index contributed by atoms with van der Waals surface area (Å²) in [4.78, 5) is 15.1. The Labute approximate surface area is 203 Å². The minimum absolute atomic E-state index is 0.0184. The molecule has 2 fully saturated rings. The lowest BCUT2D eigenvalue weighted by Gasteiger charge is -2.51. The van der Waals surface area contributed by atoms with E-state index in [0.29, 0.717) is 5.56 Å². The molecule has 2 saturated heterocycles. The van der Waals surface area contributed by atoms with E-state index in [1.54, 1.807) is 4.90 Å². The molecule has 0 aromatic heterocycles. The van der Waals surface area contributed by atoms with Crippen LogP contribution in [0.1, 0.15) is 54.7 Å². The van der Waals surface area contributed by atoms with Crippen molar-refractivity contribution in [3.05, 3.63) is 95.1 Å². The van der Waals surface area contributed by atoms with Crippen LogP contribution in [0.4, 0.5) is 13.6 Å². The molecule has 6 heteroatoms. The van der Waals surface area contributed by atoms with Crippen LogP contribution in [0.2, 0.25) is 0 Å². The van der Waals surface area contributed by atoms with E-state index in [1.165, 1.54) is 17.2 Å². The van der Waals surface area contributed by atoms with Crippen molar-refractivity contribution >= 4 is 6.09 Å². The van der Waals surface area contributed by atoms with Crippen LogP contribution < -0.4 is 0 Å². The van der Waals surface area contributed by atoms with Gasteiger partial charge in [0.25, 0.3) is 0 Å². The van der Waals surface area contributed by atoms with Crippen molar-refractivity contribution in [2.45, 2.75) is 55.7 Å². The Balaban J connectivity index is 1.21. The number of rotatable bonds is 3. The number of carbonyl (C=O) groups excluding carboxylic acids is 1. The Morgan fingerprint density at radius 2 is 1.51 bits per heavy atom. The van der Waals surface area contributed by atoms with Crippen LogP contribution in [0.15, 0.2) is 66.7 Å². The Morgan fingerprint density at radius 3 is 2.11 bits per heavy atom. The van der Waals surface area contributed by atoms with Gasteiger partial charge in [0, 0.05) is 30.8 Å². The molecule has 0 saturated carbocycles. The molecule has 6 rings (SSSR count). The van der Waals surface area contributed by atoms with Gasteiger partial charge in [-0.05, 0) is 59.2 Å². The van der Waals surface area contributed by atoms with E-state index >= 15 is 0 Å². The topological polar surface area (TPSA) is 49.8 Å². The summed E-state index contributed by atoms with van der Waals surface area (Å²) in [5.74, 6) is -1.93. The van der Waals surface area contributed by atoms with Crippen LogP contribution in [-0.2, 0) is 10.3 Å². The second-order valence-corrected chi connectivity index (χ2v) is 10.0. The first-order valence-corrected chi connectivity index (χ1v) is 12.3. The number of fused-ring (bicyclic) bond motifs is 5. The summed E-state index contributed by atoms with van der Waals surface area (Å²) >= 11 is 0. The van der Waals surface area contributed by atoms with Gasteiger partial charge < -0.3 is 14.7 Å². The number of amides is 1. The first kappa shape index (κ1) is 22.2. The maximum absolute atomic E-state index is 13.9. The van der Waals surface area contributed by atoms with Gasteiger partial charge in [0.1, 0.15) is 6.61 Å². The molecule has 0 spiro atoms. The third-order valence-corrected chi connectivity index (χ3v) is 8.01. The zero-order valence-electron chi connectivity index (χ0n) is 19.3. The maximum atomic E-state index is 13.9. The molecule has 2 aliphatic heterocycles. The fourth-order valence-electron chi connectivity index (χ4n) is 6.42. The van der Waals surface area contributed by atoms with Gasteiger partial charge in [-0.1, -0.05) is 54.6 Å². The van der Waals surface area contributed by atoms with Gasteiger partial charge in [0.15, 0.2) is 11.6 Å². The molecule has 0 radical (unpaired) electrons. The van der Waals surface area contributed by atoms with Crippen molar-refractivity contribution in [3.63, 3.8) is 0 Å². The molecule has 2 atom stereocenters. The summed E-state index contributed by atoms with van der Waals surface area (Å²) in [6.07, 6.45) is 2.63. The van der Waals surface area contributed by atoms with Crippen molar-refractivity contribution < 1.29 is 23.4 Å². The average molecular weight is 476 g/mol. The molecular weight excluding hydrogens is 448 g/mol. The molecule has 1 N–H and O–H groups in total. The van der Waals surface area contributed by atoms with Crippen LogP contribution in [0.5, 0.6) is 0 Å². The number of nitrogens with zero attached hydrogens (tertiary/aromatic N) is 1. The summed E-state index contributed by atoms with van der Waals surface area (Å²) in [5.41, 5.74) is 3.73. The first-order valence-electron chi connectivity index (χ1n) is 12.3. The van der Waals surface area contributed by atoms with Crippen LogP contribution in [0.3, 0.4) is 0 Å². The van der Waals surface area contributed by atoms with Crippen LogP contribution in [-0.4, -0.2) is 34.8 Å². The van der Waals surface area contributed by atoms with Crippen LogP contribution in [0, 0.1) is 11.6 Å². The average Bonchev–Trinajstić information content (AvgIpc) is 3.17. The minimum Gasteiger partial charge on any atom is -0.448 e. The molecule has 4 nitrogen and oxygen atoms in total. The van der Waals surface area contributed by atoms with Gasteiger partial charge in [-0.15, -0.1) is 0 Å². The second kappa shape index (κ2) is 8.45. The van der Waals surface area contributed by atoms with Gasteiger partial charge in [0.05, 0.1) is 5.60 Å². The lowest BCUT2D eigenvalue weighted by molar-refractivity contribution is -0.0892. The van der Waals surface area contributed by atoms with E-state index in [9.17, 15) is 18.7 Å². The highest BCUT2D eigenvalue weighted by atomic mass is 19.2. The lowest BCUT2D eigenvalue weighted by atomic mass is 9.72. The van der Waals surface area contributed by atoms with E-state index in [2.05, 4.69) is 24.3 Å². The van der Waals surface area contributed by atoms with Gasteiger partial charge in [-0.3, -0.25) is 0 Å². The van der Waals surface area contributed by atoms with Crippen LogP contribution in [0.25, 0.3) is 11.1 Å². The third kappa shape index (κ3) is 3.71. The zero-order valence-corrected chi connectivity index (χ0v) is 19.3. The predicted molar refractivity (Wildman–Crippen MR) is 128 cm³/mol. The highest BCUT2D eigenvalue weighted by Gasteiger charge is 2.49. The van der Waals surface area contributed by atoms with Crippen molar-refractivity contribution in [3.8, 4) is 11.1 Å². The molecule has 3 aromatic carbocycles. The third-order valence-electron chi connectivity index (χ3n) is 8.01. The number of hydrogen-bond donors (Lipinski definition) is 1. The van der Waals surface area contributed by atoms with E-state index in [1.807, 2.05) is 24.3 Å². The zero-order chi connectivity index (χ0) is 24.2. The number of hydrogen-bond acceptors (Lipinski definition) is 3. The molecule has 2 heterocycles. The second-order valence-electron chi connectivity index (χ2n) is 10.0. The Kier molecular flexibility index (Phi) is 5.37. The fraction of sp³-hybridized carbons (Fsp3) is 0.345. The standard InChI is InChI=1S/C29H27F2NO3/c30-26-13-12-18(14-27(26)31)29(34)15-19-6-5-7-20(16-29)32(19)28(33)35-17-25-23-10-3-1-8-21(23)22-9-2-4-11-24(22)25/h1-4,8-14,19-20,25,34H,5-7,15-17H2. The molecule has 180 valence electrons. The van der Waals surface area contributed by atoms with Crippen molar-refractivity contribution in [1.82, 2.24) is 4.90 Å². The number of benzene rings is 3. The smallest absolute Gasteiger partial charge is 0.410 e. The summed E-state index contributed by atoms with van der Waals surface area (Å²) in [6, 6.07) is 19.6. The Bertz CT molecular complexity index is 1230. The Morgan fingerprint density at radius 1 is 0.914 bits per heavy atom. The number of halogens is 2. The highest BCUT2D eigenvalue weighted by Crippen LogP contribution is 2.46. The summed E-state index contributed by atoms with van der Waals surface area (Å²) in [5, 5.41) is 11.4. The van der Waals surface area contributed by atoms with Crippen molar-refractivity contribution in [2.75, 3.05) is 6.61 Å². The van der Waals surface area contributed by atoms with Gasteiger partial charge in [-0.2, -0.15) is 0 Å². The molecule has 2 bridgehead atoms. The number of piperidine rings is 2. The molecule has 3 aliphatic rings. The number of carbonyl (C=O) groups is 1. The molecule has 1 aliphatic carbocycles. The maximum Gasteiger partial charge on any atom is 0.410 e. The minimum atomic E-state index is -1.30. The summed E-state index contributed by atoms with van der Waals surface area (Å²) < 4.78 is 33.3. The van der Waals surface area contributed by atoms with Gasteiger partial charge in [-0.25, -0.2) is 13.6 Å². The lowest BCUT2D eigenvalue weighted by Crippen LogP contribution is -2.59. The molecule has 35 heavy (non-hydrogen) atoms. The Hall–Kier alpha value is -3.25. The highest BCUT2D eigenvalue weighted by molar-refractivity contribution is 5.79. The van der Waals surface area contributed by atoms with E-state index in [4.69, 9.17) is 4.74 Å². The predicted octanol–water partition coefficient (Wildman–Crippen LogP) is 6.12. The van der Waals surface area contributed by atoms with E-state index in [-0.39, 0.29) is 43.5 Å². The van der Waals surface area contributed by atoms with E-state index < -0.39 is 17.2 Å². The van der Waals surface area contributed by atoms with E-state index in [0.717, 1.165) is 42.5 Å². The first-order chi connectivity index (χ1) is 16.9. The van der Waals surface area contributed by atoms with Crippen molar-refractivity contribution in [2.24, 2.45) is 0 Å². The monoisotopic (exact) mass is 475 g/mol. The van der Waals surface area contributed by atoms with Crippen molar-refractivity contribution in [1.29, 1.82) is 0 Å². The SMILES string of the molecule is O=C(OCC1c2ccccc2-c2ccccc21)N1C2CCCC1CC(O)(c1ccc(F)c(F)c1)C2. The summed E-state index contributed by atoms with van der Waals surface area (Å²) in [6.45, 7) is 0.246. The molecule has 1 amide bonds. The largest absolute Gasteiger partial charge is 0.448 e.